The number of carbonyl (C=O) groups is 2. The van der Waals surface area contributed by atoms with Crippen molar-refractivity contribution < 1.29 is 14.5 Å². The Morgan fingerprint density at radius 2 is 2.41 bits per heavy atom. The monoisotopic (exact) mass is 269 g/mol. The summed E-state index contributed by atoms with van der Waals surface area (Å²) in [7, 11) is 0. The second-order valence-corrected chi connectivity index (χ2v) is 5.04. The fraction of sp³-hybridized carbons (Fsp3) is 0.200. The lowest BCUT2D eigenvalue weighted by Crippen LogP contribution is -1.86. The molecule has 0 aliphatic heterocycles. The summed E-state index contributed by atoms with van der Waals surface area (Å²) in [6.45, 7) is 1.42. The molecule has 0 atom stereocenters. The summed E-state index contributed by atoms with van der Waals surface area (Å²) in [5.74, 6) is 5.51. The number of nitrogens with zero attached hydrogens (tertiary/aromatic N) is 1. The van der Waals surface area contributed by atoms with E-state index in [-0.39, 0.29) is 26.3 Å². The molecule has 1 rings (SSSR count). The van der Waals surface area contributed by atoms with E-state index in [2.05, 4.69) is 11.8 Å². The van der Waals surface area contributed by atoms with E-state index in [1.165, 1.54) is 13.0 Å². The van der Waals surface area contributed by atoms with Crippen LogP contribution in [0.1, 0.15) is 22.2 Å². The molecule has 0 radical (unpaired) electrons. The molecule has 0 saturated carbocycles. The lowest BCUT2D eigenvalue weighted by Gasteiger charge is -1.86. The molecule has 0 N–H and O–H groups in total. The van der Waals surface area contributed by atoms with Gasteiger partial charge < -0.3 is 0 Å². The molecule has 0 bridgehead atoms. The van der Waals surface area contributed by atoms with E-state index in [1.54, 1.807) is 0 Å². The van der Waals surface area contributed by atoms with Gasteiger partial charge in [0, 0.05) is 6.92 Å². The first kappa shape index (κ1) is 13.4. The van der Waals surface area contributed by atoms with Gasteiger partial charge in [-0.3, -0.25) is 19.7 Å². The Bertz CT molecular complexity index is 524. The Hall–Kier alpha value is -1.65. The van der Waals surface area contributed by atoms with E-state index in [1.807, 2.05) is 0 Å². The highest BCUT2D eigenvalue weighted by molar-refractivity contribution is 8.13. The van der Waals surface area contributed by atoms with Crippen molar-refractivity contribution in [1.82, 2.24) is 0 Å². The summed E-state index contributed by atoms with van der Waals surface area (Å²) < 4.78 is 0. The molecule has 0 aliphatic carbocycles. The van der Waals surface area contributed by atoms with Gasteiger partial charge in [-0.15, -0.1) is 0 Å². The van der Waals surface area contributed by atoms with Crippen LogP contribution in [-0.4, -0.2) is 22.1 Å². The summed E-state index contributed by atoms with van der Waals surface area (Å²) in [5.41, 5.74) is 0.214. The number of thiophene rings is 1. The topological polar surface area (TPSA) is 77.3 Å². The van der Waals surface area contributed by atoms with E-state index in [4.69, 9.17) is 0 Å². The smallest absolute Gasteiger partial charge is 0.297 e. The molecule has 0 aromatic carbocycles. The van der Waals surface area contributed by atoms with Crippen LogP contribution in [0.15, 0.2) is 6.07 Å². The molecule has 1 aromatic heterocycles. The van der Waals surface area contributed by atoms with Crippen LogP contribution in [0, 0.1) is 22.0 Å². The molecule has 0 spiro atoms. The average Bonchev–Trinajstić information content (AvgIpc) is 2.67. The number of carbonyl (C=O) groups excluding carboxylic acids is 2. The van der Waals surface area contributed by atoms with Gasteiger partial charge >= 0.3 is 5.00 Å². The number of nitro groups is 1. The SMILES string of the molecule is CC(=O)SCC#Cc1cc(C=O)sc1[N+](=O)[O-]. The molecule has 88 valence electrons. The lowest BCUT2D eigenvalue weighted by molar-refractivity contribution is -0.380. The van der Waals surface area contributed by atoms with Crippen LogP contribution in [-0.2, 0) is 4.79 Å². The van der Waals surface area contributed by atoms with Crippen molar-refractivity contribution in [3.8, 4) is 11.8 Å². The van der Waals surface area contributed by atoms with Crippen molar-refractivity contribution in [3.05, 3.63) is 26.6 Å². The maximum atomic E-state index is 10.7. The summed E-state index contributed by atoms with van der Waals surface area (Å²) >= 11 is 1.82. The van der Waals surface area contributed by atoms with Gasteiger partial charge in [-0.1, -0.05) is 34.9 Å². The van der Waals surface area contributed by atoms with Crippen molar-refractivity contribution in [2.24, 2.45) is 0 Å². The zero-order valence-electron chi connectivity index (χ0n) is 8.76. The van der Waals surface area contributed by atoms with Crippen LogP contribution >= 0.6 is 23.1 Å². The maximum Gasteiger partial charge on any atom is 0.340 e. The van der Waals surface area contributed by atoms with Crippen LogP contribution in [0.3, 0.4) is 0 Å². The molecule has 7 heteroatoms. The van der Waals surface area contributed by atoms with Crippen LogP contribution in [0.2, 0.25) is 0 Å². The molecule has 0 amide bonds. The molecular formula is C10H7NO4S2. The van der Waals surface area contributed by atoms with E-state index in [0.717, 1.165) is 23.1 Å². The van der Waals surface area contributed by atoms with E-state index >= 15 is 0 Å². The summed E-state index contributed by atoms with van der Waals surface area (Å²) in [4.78, 5) is 31.5. The fourth-order valence-corrected chi connectivity index (χ4v) is 2.04. The Morgan fingerprint density at radius 3 is 2.94 bits per heavy atom. The average molecular weight is 269 g/mol. The fourth-order valence-electron chi connectivity index (χ4n) is 0.952. The molecule has 1 aromatic rings. The highest BCUT2D eigenvalue weighted by atomic mass is 32.2. The molecule has 17 heavy (non-hydrogen) atoms. The van der Waals surface area contributed by atoms with Crippen molar-refractivity contribution in [3.63, 3.8) is 0 Å². The Kier molecular flexibility index (Phi) is 4.87. The zero-order valence-corrected chi connectivity index (χ0v) is 10.4. The Morgan fingerprint density at radius 1 is 1.71 bits per heavy atom. The van der Waals surface area contributed by atoms with Crippen molar-refractivity contribution in [2.45, 2.75) is 6.92 Å². The van der Waals surface area contributed by atoms with Gasteiger partial charge in [-0.25, -0.2) is 0 Å². The highest BCUT2D eigenvalue weighted by Gasteiger charge is 2.17. The number of aldehydes is 1. The number of thioether (sulfide) groups is 1. The van der Waals surface area contributed by atoms with Gasteiger partial charge in [-0.2, -0.15) is 0 Å². The van der Waals surface area contributed by atoms with Crippen LogP contribution < -0.4 is 0 Å². The molecule has 0 aliphatic rings. The first-order valence-corrected chi connectivity index (χ1v) is 6.20. The maximum absolute atomic E-state index is 10.7. The minimum absolute atomic E-state index is 0.0623. The third-order valence-corrected chi connectivity index (χ3v) is 3.29. The molecular weight excluding hydrogens is 262 g/mol. The molecule has 0 fully saturated rings. The Balaban J connectivity index is 2.88. The van der Waals surface area contributed by atoms with Gasteiger partial charge in [0.2, 0.25) is 0 Å². The first-order chi connectivity index (χ1) is 8.04. The quantitative estimate of drug-likeness (QED) is 0.363. The molecule has 1 heterocycles. The van der Waals surface area contributed by atoms with E-state index in [9.17, 15) is 19.7 Å². The minimum Gasteiger partial charge on any atom is -0.297 e. The highest BCUT2D eigenvalue weighted by Crippen LogP contribution is 2.28. The van der Waals surface area contributed by atoms with Gasteiger partial charge in [0.25, 0.3) is 0 Å². The summed E-state index contributed by atoms with van der Waals surface area (Å²) in [6, 6.07) is 1.38. The van der Waals surface area contributed by atoms with Crippen molar-refractivity contribution >= 4 is 39.5 Å². The zero-order chi connectivity index (χ0) is 12.8. The third kappa shape index (κ3) is 4.01. The van der Waals surface area contributed by atoms with Crippen LogP contribution in [0.5, 0.6) is 0 Å². The van der Waals surface area contributed by atoms with E-state index in [0.29, 0.717) is 6.29 Å². The van der Waals surface area contributed by atoms with Gasteiger partial charge in [-0.05, 0) is 6.07 Å². The second kappa shape index (κ2) is 6.18. The van der Waals surface area contributed by atoms with Crippen molar-refractivity contribution in [1.29, 1.82) is 0 Å². The van der Waals surface area contributed by atoms with Gasteiger partial charge in [0.15, 0.2) is 11.4 Å². The minimum atomic E-state index is -0.570. The lowest BCUT2D eigenvalue weighted by atomic mass is 10.3. The molecule has 0 unspecified atom stereocenters. The van der Waals surface area contributed by atoms with Gasteiger partial charge in [0.1, 0.15) is 5.56 Å². The number of hydrogen-bond acceptors (Lipinski definition) is 6. The third-order valence-electron chi connectivity index (χ3n) is 1.58. The van der Waals surface area contributed by atoms with Crippen LogP contribution in [0.25, 0.3) is 0 Å². The summed E-state index contributed by atoms with van der Waals surface area (Å²) in [5, 5.41) is 10.5. The number of rotatable bonds is 3. The predicted molar refractivity (Wildman–Crippen MR) is 66.4 cm³/mol. The van der Waals surface area contributed by atoms with E-state index < -0.39 is 4.92 Å². The van der Waals surface area contributed by atoms with Crippen molar-refractivity contribution in [2.75, 3.05) is 5.75 Å². The standard InChI is InChI=1S/C10H7NO4S2/c1-7(13)16-4-2-3-8-5-9(6-12)17-10(8)11(14)15/h5-6H,4H2,1H3. The summed E-state index contributed by atoms with van der Waals surface area (Å²) in [6.07, 6.45) is 0.549. The predicted octanol–water partition coefficient (Wildman–Crippen LogP) is 2.10. The normalized spacial score (nSPS) is 9.24. The molecule has 0 saturated heterocycles. The van der Waals surface area contributed by atoms with Gasteiger partial charge in [0.05, 0.1) is 15.6 Å². The number of hydrogen-bond donors (Lipinski definition) is 0. The second-order valence-electron chi connectivity index (χ2n) is 2.82. The van der Waals surface area contributed by atoms with Crippen LogP contribution in [0.4, 0.5) is 5.00 Å². The largest absolute Gasteiger partial charge is 0.340 e. The Labute approximate surface area is 105 Å². The molecule has 5 nitrogen and oxygen atoms in total. The first-order valence-electron chi connectivity index (χ1n) is 4.40.